The Labute approximate surface area is 121 Å². The average Bonchev–Trinajstić information content (AvgIpc) is 2.46. The summed E-state index contributed by atoms with van der Waals surface area (Å²) in [5, 5.41) is 2.84. The van der Waals surface area contributed by atoms with Gasteiger partial charge in [-0.25, -0.2) is 8.78 Å². The van der Waals surface area contributed by atoms with Crippen molar-refractivity contribution in [2.45, 2.75) is 18.9 Å². The van der Waals surface area contributed by atoms with Crippen LogP contribution < -0.4 is 11.1 Å². The zero-order valence-corrected chi connectivity index (χ0v) is 11.6. The van der Waals surface area contributed by atoms with Gasteiger partial charge in [-0.2, -0.15) is 0 Å². The number of benzene rings is 2. The van der Waals surface area contributed by atoms with E-state index < -0.39 is 23.1 Å². The highest BCUT2D eigenvalue weighted by atomic mass is 19.1. The van der Waals surface area contributed by atoms with Crippen LogP contribution in [-0.2, 0) is 10.3 Å². The molecule has 3 N–H and O–H groups in total. The number of para-hydroxylation sites is 1. The first kappa shape index (κ1) is 15.0. The van der Waals surface area contributed by atoms with Crippen molar-refractivity contribution < 1.29 is 13.6 Å². The van der Waals surface area contributed by atoms with Crippen LogP contribution in [0.15, 0.2) is 48.5 Å². The standard InChI is InChI=1S/C16H16F2N2O/c1-2-16(15(19)21,11-6-5-7-12(17)10-11)20-14-9-4-3-8-13(14)18/h3-10,20H,2H2,1H3,(H2,19,21). The van der Waals surface area contributed by atoms with Gasteiger partial charge < -0.3 is 11.1 Å². The number of amides is 1. The molecule has 110 valence electrons. The first-order chi connectivity index (χ1) is 9.99. The van der Waals surface area contributed by atoms with Gasteiger partial charge in [0.05, 0.1) is 5.69 Å². The van der Waals surface area contributed by atoms with E-state index in [1.807, 2.05) is 0 Å². The summed E-state index contributed by atoms with van der Waals surface area (Å²) in [6, 6.07) is 11.5. The van der Waals surface area contributed by atoms with Crippen LogP contribution in [-0.4, -0.2) is 5.91 Å². The lowest BCUT2D eigenvalue weighted by atomic mass is 9.86. The molecule has 1 atom stereocenters. The molecule has 0 heterocycles. The third kappa shape index (κ3) is 2.86. The van der Waals surface area contributed by atoms with Gasteiger partial charge in [-0.3, -0.25) is 4.79 Å². The van der Waals surface area contributed by atoms with Crippen LogP contribution in [0.1, 0.15) is 18.9 Å². The number of anilines is 1. The van der Waals surface area contributed by atoms with E-state index in [2.05, 4.69) is 5.32 Å². The number of carbonyl (C=O) groups is 1. The molecule has 0 saturated carbocycles. The molecule has 1 amide bonds. The number of primary amides is 1. The number of nitrogens with two attached hydrogens (primary N) is 1. The first-order valence-corrected chi connectivity index (χ1v) is 6.58. The molecule has 2 aromatic rings. The third-order valence-corrected chi connectivity index (χ3v) is 3.49. The topological polar surface area (TPSA) is 55.1 Å². The molecule has 0 spiro atoms. The van der Waals surface area contributed by atoms with Gasteiger partial charge in [0.2, 0.25) is 5.91 Å². The molecule has 21 heavy (non-hydrogen) atoms. The van der Waals surface area contributed by atoms with Crippen molar-refractivity contribution in [2.75, 3.05) is 5.32 Å². The monoisotopic (exact) mass is 290 g/mol. The molecule has 0 bridgehead atoms. The van der Waals surface area contributed by atoms with Crippen molar-refractivity contribution in [2.24, 2.45) is 5.73 Å². The van der Waals surface area contributed by atoms with Gasteiger partial charge in [-0.15, -0.1) is 0 Å². The lowest BCUT2D eigenvalue weighted by Gasteiger charge is -2.32. The van der Waals surface area contributed by atoms with Gasteiger partial charge >= 0.3 is 0 Å². The van der Waals surface area contributed by atoms with Crippen molar-refractivity contribution in [3.8, 4) is 0 Å². The Morgan fingerprint density at radius 2 is 1.90 bits per heavy atom. The Morgan fingerprint density at radius 3 is 2.48 bits per heavy atom. The molecule has 5 heteroatoms. The summed E-state index contributed by atoms with van der Waals surface area (Å²) in [6.45, 7) is 1.73. The van der Waals surface area contributed by atoms with Crippen LogP contribution in [0.2, 0.25) is 0 Å². The number of nitrogens with one attached hydrogen (secondary N) is 1. The maximum atomic E-state index is 13.8. The Morgan fingerprint density at radius 1 is 1.19 bits per heavy atom. The fourth-order valence-electron chi connectivity index (χ4n) is 2.29. The highest BCUT2D eigenvalue weighted by Gasteiger charge is 2.37. The van der Waals surface area contributed by atoms with E-state index in [1.54, 1.807) is 25.1 Å². The smallest absolute Gasteiger partial charge is 0.247 e. The predicted octanol–water partition coefficient (Wildman–Crippen LogP) is 3.17. The second-order valence-electron chi connectivity index (χ2n) is 4.74. The number of rotatable bonds is 5. The molecule has 2 aromatic carbocycles. The highest BCUT2D eigenvalue weighted by molar-refractivity contribution is 5.89. The molecule has 0 aliphatic carbocycles. The largest absolute Gasteiger partial charge is 0.367 e. The van der Waals surface area contributed by atoms with E-state index in [1.165, 1.54) is 30.3 Å². The SMILES string of the molecule is CCC(Nc1ccccc1F)(C(N)=O)c1cccc(F)c1. The Kier molecular flexibility index (Phi) is 4.21. The van der Waals surface area contributed by atoms with E-state index in [-0.39, 0.29) is 12.1 Å². The molecule has 0 aromatic heterocycles. The third-order valence-electron chi connectivity index (χ3n) is 3.49. The minimum absolute atomic E-state index is 0.141. The van der Waals surface area contributed by atoms with Gasteiger partial charge in [0, 0.05) is 0 Å². The normalized spacial score (nSPS) is 13.5. The Hall–Kier alpha value is -2.43. The van der Waals surface area contributed by atoms with Crippen LogP contribution in [0.5, 0.6) is 0 Å². The number of hydrogen-bond acceptors (Lipinski definition) is 2. The van der Waals surface area contributed by atoms with Gasteiger partial charge in [0.1, 0.15) is 17.2 Å². The van der Waals surface area contributed by atoms with Crippen LogP contribution in [0.25, 0.3) is 0 Å². The Bertz CT molecular complexity index is 660. The van der Waals surface area contributed by atoms with Crippen LogP contribution in [0.3, 0.4) is 0 Å². The molecular weight excluding hydrogens is 274 g/mol. The van der Waals surface area contributed by atoms with Crippen molar-refractivity contribution in [3.05, 3.63) is 65.7 Å². The van der Waals surface area contributed by atoms with E-state index in [0.717, 1.165) is 0 Å². The highest BCUT2D eigenvalue weighted by Crippen LogP contribution is 2.31. The van der Waals surface area contributed by atoms with Crippen molar-refractivity contribution in [1.82, 2.24) is 0 Å². The average molecular weight is 290 g/mol. The number of halogens is 2. The molecule has 0 saturated heterocycles. The quantitative estimate of drug-likeness (QED) is 0.888. The summed E-state index contributed by atoms with van der Waals surface area (Å²) in [5.41, 5.74) is 4.65. The second-order valence-corrected chi connectivity index (χ2v) is 4.74. The molecule has 0 aliphatic heterocycles. The molecule has 0 aliphatic rings. The van der Waals surface area contributed by atoms with E-state index in [0.29, 0.717) is 5.56 Å². The summed E-state index contributed by atoms with van der Waals surface area (Å²) in [5.74, 6) is -1.69. The lowest BCUT2D eigenvalue weighted by Crippen LogP contribution is -2.47. The molecule has 3 nitrogen and oxygen atoms in total. The maximum Gasteiger partial charge on any atom is 0.247 e. The van der Waals surface area contributed by atoms with E-state index >= 15 is 0 Å². The number of hydrogen-bond donors (Lipinski definition) is 2. The molecular formula is C16H16F2N2O. The summed E-state index contributed by atoms with van der Waals surface area (Å²) in [6.07, 6.45) is 0.250. The summed E-state index contributed by atoms with van der Waals surface area (Å²) in [4.78, 5) is 12.0. The van der Waals surface area contributed by atoms with Crippen LogP contribution >= 0.6 is 0 Å². The minimum atomic E-state index is -1.37. The summed E-state index contributed by atoms with van der Waals surface area (Å²) in [7, 11) is 0. The zero-order chi connectivity index (χ0) is 15.5. The molecule has 0 fully saturated rings. The number of carbonyl (C=O) groups excluding carboxylic acids is 1. The summed E-state index contributed by atoms with van der Waals surface area (Å²) < 4.78 is 27.3. The molecule has 2 rings (SSSR count). The van der Waals surface area contributed by atoms with Gasteiger partial charge in [-0.05, 0) is 36.2 Å². The predicted molar refractivity (Wildman–Crippen MR) is 77.6 cm³/mol. The molecule has 1 unspecified atom stereocenters. The van der Waals surface area contributed by atoms with Crippen LogP contribution in [0.4, 0.5) is 14.5 Å². The summed E-state index contributed by atoms with van der Waals surface area (Å²) >= 11 is 0. The van der Waals surface area contributed by atoms with Gasteiger partial charge in [-0.1, -0.05) is 31.2 Å². The van der Waals surface area contributed by atoms with Gasteiger partial charge in [0.15, 0.2) is 0 Å². The maximum absolute atomic E-state index is 13.8. The molecule has 0 radical (unpaired) electrons. The zero-order valence-electron chi connectivity index (χ0n) is 11.6. The lowest BCUT2D eigenvalue weighted by molar-refractivity contribution is -0.122. The van der Waals surface area contributed by atoms with Crippen molar-refractivity contribution in [3.63, 3.8) is 0 Å². The second kappa shape index (κ2) is 5.91. The van der Waals surface area contributed by atoms with E-state index in [4.69, 9.17) is 5.73 Å². The van der Waals surface area contributed by atoms with Gasteiger partial charge in [0.25, 0.3) is 0 Å². The fourth-order valence-corrected chi connectivity index (χ4v) is 2.29. The fraction of sp³-hybridized carbons (Fsp3) is 0.188. The first-order valence-electron chi connectivity index (χ1n) is 6.58. The Balaban J connectivity index is 2.53. The van der Waals surface area contributed by atoms with E-state index in [9.17, 15) is 13.6 Å². The van der Waals surface area contributed by atoms with Crippen molar-refractivity contribution >= 4 is 11.6 Å². The van der Waals surface area contributed by atoms with Crippen molar-refractivity contribution in [1.29, 1.82) is 0 Å². The van der Waals surface area contributed by atoms with Crippen LogP contribution in [0, 0.1) is 11.6 Å². The minimum Gasteiger partial charge on any atom is -0.367 e.